The van der Waals surface area contributed by atoms with E-state index in [1.165, 1.54) is 53.5 Å². The first kappa shape index (κ1) is 35.8. The van der Waals surface area contributed by atoms with Crippen molar-refractivity contribution < 1.29 is 19.5 Å². The molecule has 3 aliphatic heterocycles. The smallest absolute Gasteiger partial charge is 0.262 e. The Bertz CT molecular complexity index is 2040. The lowest BCUT2D eigenvalue weighted by molar-refractivity contribution is -0.125. The summed E-state index contributed by atoms with van der Waals surface area (Å²) in [6, 6.07) is 30.8. The minimum Gasteiger partial charge on any atom is -0.508 e. The zero-order valence-corrected chi connectivity index (χ0v) is 31.0. The normalized spacial score (nSPS) is 21.6. The van der Waals surface area contributed by atoms with Crippen LogP contribution in [0.3, 0.4) is 0 Å². The number of piperidine rings is 1. The van der Waals surface area contributed by atoms with Crippen LogP contribution >= 0.6 is 0 Å². The van der Waals surface area contributed by atoms with Gasteiger partial charge in [-0.15, -0.1) is 0 Å². The van der Waals surface area contributed by atoms with Gasteiger partial charge in [0.2, 0.25) is 5.91 Å². The van der Waals surface area contributed by atoms with E-state index in [4.69, 9.17) is 0 Å². The number of nitrogens with zero attached hydrogens (tertiary/aromatic N) is 3. The first-order valence-electron chi connectivity index (χ1n) is 19.8. The molecule has 278 valence electrons. The summed E-state index contributed by atoms with van der Waals surface area (Å²) in [4.78, 5) is 45.0. The van der Waals surface area contributed by atoms with Crippen molar-refractivity contribution in [2.75, 3.05) is 37.6 Å². The summed E-state index contributed by atoms with van der Waals surface area (Å²) in [5.74, 6) is -0.0711. The van der Waals surface area contributed by atoms with E-state index in [-0.39, 0.29) is 17.7 Å². The van der Waals surface area contributed by atoms with Crippen LogP contribution < -0.4 is 10.2 Å². The van der Waals surface area contributed by atoms with Crippen LogP contribution in [0.4, 0.5) is 5.69 Å². The number of imide groups is 1. The van der Waals surface area contributed by atoms with E-state index in [2.05, 4.69) is 82.4 Å². The third kappa shape index (κ3) is 7.32. The van der Waals surface area contributed by atoms with Crippen LogP contribution in [0, 0.1) is 0 Å². The van der Waals surface area contributed by atoms with Crippen LogP contribution in [0.15, 0.2) is 103 Å². The van der Waals surface area contributed by atoms with Crippen molar-refractivity contribution >= 4 is 23.4 Å². The maximum absolute atomic E-state index is 13.3. The van der Waals surface area contributed by atoms with Crippen molar-refractivity contribution in [1.29, 1.82) is 0 Å². The highest BCUT2D eigenvalue weighted by Gasteiger charge is 2.44. The Morgan fingerprint density at radius 1 is 0.722 bits per heavy atom. The molecule has 4 aromatic rings. The number of anilines is 1. The van der Waals surface area contributed by atoms with E-state index in [0.29, 0.717) is 41.3 Å². The second-order valence-electron chi connectivity index (χ2n) is 15.5. The predicted octanol–water partition coefficient (Wildman–Crippen LogP) is 7.57. The minimum atomic E-state index is -0.793. The fourth-order valence-corrected chi connectivity index (χ4v) is 9.15. The molecule has 2 saturated heterocycles. The predicted molar refractivity (Wildman–Crippen MR) is 212 cm³/mol. The number of aromatic hydroxyl groups is 1. The lowest BCUT2D eigenvalue weighted by Crippen LogP contribution is -2.51. The van der Waals surface area contributed by atoms with Crippen LogP contribution in [-0.4, -0.2) is 71.4 Å². The molecule has 3 heterocycles. The topological polar surface area (TPSA) is 93.2 Å². The molecule has 8 heteroatoms. The molecule has 4 aliphatic rings. The quantitative estimate of drug-likeness (QED) is 0.123. The van der Waals surface area contributed by atoms with Crippen LogP contribution in [0.5, 0.6) is 5.75 Å². The van der Waals surface area contributed by atoms with Crippen LogP contribution in [0.2, 0.25) is 0 Å². The van der Waals surface area contributed by atoms with Gasteiger partial charge in [0, 0.05) is 43.5 Å². The second kappa shape index (κ2) is 15.6. The molecule has 0 radical (unpaired) electrons. The van der Waals surface area contributed by atoms with Gasteiger partial charge in [0.25, 0.3) is 11.8 Å². The molecule has 0 bridgehead atoms. The molecule has 1 aliphatic carbocycles. The molecule has 2 fully saturated rings. The van der Waals surface area contributed by atoms with Gasteiger partial charge in [-0.3, -0.25) is 24.2 Å². The number of hydrogen-bond donors (Lipinski definition) is 2. The van der Waals surface area contributed by atoms with Crippen molar-refractivity contribution in [3.8, 4) is 5.75 Å². The number of carbonyl (C=O) groups is 3. The number of phenolic OH excluding ortho intramolecular Hbond substituents is 1. The molecule has 1 unspecified atom stereocenters. The zero-order valence-electron chi connectivity index (χ0n) is 31.0. The van der Waals surface area contributed by atoms with Crippen molar-refractivity contribution in [3.63, 3.8) is 0 Å². The lowest BCUT2D eigenvalue weighted by Gasteiger charge is -2.36. The number of nitrogens with one attached hydrogen (secondary N) is 1. The van der Waals surface area contributed by atoms with Gasteiger partial charge in [-0.2, -0.15) is 0 Å². The molecule has 4 aromatic carbocycles. The van der Waals surface area contributed by atoms with Gasteiger partial charge in [0.15, 0.2) is 0 Å². The van der Waals surface area contributed by atoms with Crippen LogP contribution in [0.25, 0.3) is 0 Å². The Morgan fingerprint density at radius 2 is 1.48 bits per heavy atom. The number of carbonyl (C=O) groups excluding carboxylic acids is 3. The lowest BCUT2D eigenvalue weighted by atomic mass is 9.69. The number of hydrogen-bond acceptors (Lipinski definition) is 6. The Balaban J connectivity index is 0.783. The summed E-state index contributed by atoms with van der Waals surface area (Å²) >= 11 is 0. The summed E-state index contributed by atoms with van der Waals surface area (Å²) < 4.78 is 0. The number of amides is 3. The van der Waals surface area contributed by atoms with E-state index < -0.39 is 11.9 Å². The zero-order chi connectivity index (χ0) is 37.2. The van der Waals surface area contributed by atoms with Crippen molar-refractivity contribution in [3.05, 3.63) is 142 Å². The van der Waals surface area contributed by atoms with Crippen LogP contribution in [0.1, 0.15) is 105 Å². The maximum atomic E-state index is 13.3. The summed E-state index contributed by atoms with van der Waals surface area (Å²) in [6.45, 7) is 8.56. The highest BCUT2D eigenvalue weighted by Crippen LogP contribution is 2.47. The number of benzene rings is 4. The molecule has 8 rings (SSSR count). The molecule has 54 heavy (non-hydrogen) atoms. The summed E-state index contributed by atoms with van der Waals surface area (Å²) in [6.07, 6.45) is 8.90. The highest BCUT2D eigenvalue weighted by atomic mass is 16.3. The van der Waals surface area contributed by atoms with Crippen molar-refractivity contribution in [2.24, 2.45) is 0 Å². The van der Waals surface area contributed by atoms with E-state index in [0.717, 1.165) is 62.6 Å². The Hall–Kier alpha value is -5.21. The van der Waals surface area contributed by atoms with E-state index in [1.807, 2.05) is 24.3 Å². The minimum absolute atomic E-state index is 0.278. The SMILES string of the molecule is C=C1CCC(N2C(=O)c3ccc(N4CCN(CCCCCCc5ccc([C@H]6c7ccc(O)cc7CC[C@H]6c6ccccc6)cc5)CC4)cc3C2=O)C(=O)N1. The standard InChI is InChI=1S/C46H50N4O4/c1-31-12-23-42(44(52)47-31)50-45(53)40-21-18-36(30-41(40)46(50)54)49-27-25-48(26-28-49)24-8-3-2-5-9-32-13-15-34(16-14-32)43-38(33-10-6-4-7-11-33)20-17-35-29-37(51)19-22-39(35)43/h4,6-7,10-11,13-16,18-19,21-22,29-30,38,42-43,51H,1-3,5,8-9,12,17,20,23-28H2,(H,47,52)/t38-,42?,43+/m0/s1. The third-order valence-electron chi connectivity index (χ3n) is 12.1. The molecule has 8 nitrogen and oxygen atoms in total. The Labute approximate surface area is 318 Å². The first-order chi connectivity index (χ1) is 26.3. The Morgan fingerprint density at radius 3 is 2.26 bits per heavy atom. The molecule has 2 N–H and O–H groups in total. The van der Waals surface area contributed by atoms with E-state index in [9.17, 15) is 19.5 Å². The average molecular weight is 723 g/mol. The molecular formula is C46H50N4O4. The fraction of sp³-hybridized carbons (Fsp3) is 0.370. The number of aryl methyl sites for hydroxylation is 2. The summed E-state index contributed by atoms with van der Waals surface area (Å²) in [5, 5.41) is 12.9. The molecule has 0 aromatic heterocycles. The highest BCUT2D eigenvalue weighted by molar-refractivity contribution is 6.23. The largest absolute Gasteiger partial charge is 0.508 e. The van der Waals surface area contributed by atoms with Gasteiger partial charge >= 0.3 is 0 Å². The van der Waals surface area contributed by atoms with Gasteiger partial charge in [0.1, 0.15) is 11.8 Å². The number of allylic oxidation sites excluding steroid dienone is 1. The Kier molecular flexibility index (Phi) is 10.4. The van der Waals surface area contributed by atoms with Gasteiger partial charge in [-0.05, 0) is 116 Å². The summed E-state index contributed by atoms with van der Waals surface area (Å²) in [7, 11) is 0. The average Bonchev–Trinajstić information content (AvgIpc) is 3.44. The number of unbranched alkanes of at least 4 members (excludes halogenated alkanes) is 3. The fourth-order valence-electron chi connectivity index (χ4n) is 9.15. The monoisotopic (exact) mass is 722 g/mol. The third-order valence-corrected chi connectivity index (χ3v) is 12.1. The molecule has 0 spiro atoms. The number of piperazine rings is 1. The molecule has 0 saturated carbocycles. The van der Waals surface area contributed by atoms with Gasteiger partial charge in [-0.1, -0.05) is 80.1 Å². The van der Waals surface area contributed by atoms with Crippen molar-refractivity contribution in [1.82, 2.24) is 15.1 Å². The number of fused-ring (bicyclic) bond motifs is 2. The second-order valence-corrected chi connectivity index (χ2v) is 15.5. The van der Waals surface area contributed by atoms with Gasteiger partial charge < -0.3 is 15.3 Å². The summed E-state index contributed by atoms with van der Waals surface area (Å²) in [5.41, 5.74) is 9.07. The first-order valence-corrected chi connectivity index (χ1v) is 19.8. The van der Waals surface area contributed by atoms with Crippen LogP contribution in [-0.2, 0) is 17.6 Å². The molecule has 3 atom stereocenters. The maximum Gasteiger partial charge on any atom is 0.262 e. The van der Waals surface area contributed by atoms with Crippen molar-refractivity contribution in [2.45, 2.75) is 75.7 Å². The van der Waals surface area contributed by atoms with Gasteiger partial charge in [0.05, 0.1) is 11.1 Å². The molecular weight excluding hydrogens is 673 g/mol. The van der Waals surface area contributed by atoms with Gasteiger partial charge in [-0.25, -0.2) is 0 Å². The van der Waals surface area contributed by atoms with E-state index >= 15 is 0 Å². The molecule has 3 amide bonds. The number of phenols is 1. The number of rotatable bonds is 11. The van der Waals surface area contributed by atoms with E-state index in [1.54, 1.807) is 6.07 Å².